The molecule has 0 saturated heterocycles. The van der Waals surface area contributed by atoms with Crippen LogP contribution in [0.1, 0.15) is 39.5 Å². The second kappa shape index (κ2) is 8.20. The van der Waals surface area contributed by atoms with Gasteiger partial charge in [-0.3, -0.25) is 9.59 Å². The van der Waals surface area contributed by atoms with Crippen molar-refractivity contribution in [3.8, 4) is 0 Å². The van der Waals surface area contributed by atoms with E-state index in [1.54, 1.807) is 6.92 Å². The molecule has 4 heteroatoms. The molecule has 19 heavy (non-hydrogen) atoms. The van der Waals surface area contributed by atoms with Crippen LogP contribution in [0.5, 0.6) is 0 Å². The van der Waals surface area contributed by atoms with Gasteiger partial charge in [0.05, 0.1) is 13.0 Å². The van der Waals surface area contributed by atoms with Gasteiger partial charge in [0, 0.05) is 11.3 Å². The van der Waals surface area contributed by atoms with Gasteiger partial charge in [0.1, 0.15) is 0 Å². The van der Waals surface area contributed by atoms with Gasteiger partial charge in [-0.1, -0.05) is 30.0 Å². The number of hydrogen-bond acceptors (Lipinski definition) is 4. The van der Waals surface area contributed by atoms with Crippen molar-refractivity contribution >= 4 is 22.8 Å². The predicted molar refractivity (Wildman–Crippen MR) is 79.0 cm³/mol. The lowest BCUT2D eigenvalue weighted by atomic mass is 9.86. The zero-order valence-electron chi connectivity index (χ0n) is 11.7. The monoisotopic (exact) mass is 282 g/mol. The molecular weight excluding hydrogens is 260 g/mol. The Kier molecular flexibility index (Phi) is 6.92. The molecule has 0 aliphatic heterocycles. The average Bonchev–Trinajstić information content (AvgIpc) is 2.39. The molecule has 1 aliphatic carbocycles. The predicted octanol–water partition coefficient (Wildman–Crippen LogP) is 3.50. The fourth-order valence-corrected chi connectivity index (χ4v) is 2.84. The summed E-state index contributed by atoms with van der Waals surface area (Å²) in [6.45, 7) is 8.18. The summed E-state index contributed by atoms with van der Waals surface area (Å²) in [7, 11) is 0. The van der Waals surface area contributed by atoms with E-state index in [4.69, 9.17) is 4.74 Å². The molecule has 0 fully saturated rings. The molecule has 1 rings (SSSR count). The van der Waals surface area contributed by atoms with Crippen molar-refractivity contribution in [1.29, 1.82) is 0 Å². The second-order valence-corrected chi connectivity index (χ2v) is 5.81. The van der Waals surface area contributed by atoms with E-state index in [1.807, 2.05) is 13.0 Å². The molecular formula is C15H22O3S. The SMILES string of the molecule is C=C(C)[C@@H]1CC=C(C(=O)SCCC(=O)OCC)CC1. The Morgan fingerprint density at radius 2 is 2.26 bits per heavy atom. The molecule has 0 unspecified atom stereocenters. The van der Waals surface area contributed by atoms with Crippen molar-refractivity contribution in [2.75, 3.05) is 12.4 Å². The number of allylic oxidation sites excluding steroid dienone is 2. The molecule has 3 nitrogen and oxygen atoms in total. The van der Waals surface area contributed by atoms with Crippen LogP contribution in [0.3, 0.4) is 0 Å². The van der Waals surface area contributed by atoms with Crippen LogP contribution in [0.4, 0.5) is 0 Å². The minimum Gasteiger partial charge on any atom is -0.466 e. The van der Waals surface area contributed by atoms with Gasteiger partial charge in [-0.25, -0.2) is 0 Å². The summed E-state index contributed by atoms with van der Waals surface area (Å²) < 4.78 is 4.82. The molecule has 0 radical (unpaired) electrons. The second-order valence-electron chi connectivity index (χ2n) is 4.74. The average molecular weight is 282 g/mol. The van der Waals surface area contributed by atoms with E-state index < -0.39 is 0 Å². The third-order valence-electron chi connectivity index (χ3n) is 3.21. The minimum absolute atomic E-state index is 0.101. The normalized spacial score (nSPS) is 18.6. The molecule has 1 atom stereocenters. The summed E-state index contributed by atoms with van der Waals surface area (Å²) >= 11 is 1.22. The van der Waals surface area contributed by atoms with Gasteiger partial charge in [-0.05, 0) is 39.0 Å². The van der Waals surface area contributed by atoms with Crippen molar-refractivity contribution < 1.29 is 14.3 Å². The zero-order chi connectivity index (χ0) is 14.3. The highest BCUT2D eigenvalue weighted by Gasteiger charge is 2.19. The van der Waals surface area contributed by atoms with E-state index in [9.17, 15) is 9.59 Å². The third-order valence-corrected chi connectivity index (χ3v) is 4.15. The number of ether oxygens (including phenoxy) is 1. The Morgan fingerprint density at radius 1 is 1.53 bits per heavy atom. The molecule has 0 saturated carbocycles. The van der Waals surface area contributed by atoms with Crippen LogP contribution < -0.4 is 0 Å². The summed E-state index contributed by atoms with van der Waals surface area (Å²) in [6.07, 6.45) is 5.07. The fourth-order valence-electron chi connectivity index (χ4n) is 2.02. The molecule has 1 aliphatic rings. The summed E-state index contributed by atoms with van der Waals surface area (Å²) in [5.74, 6) is 0.780. The smallest absolute Gasteiger partial charge is 0.306 e. The maximum atomic E-state index is 11.9. The Morgan fingerprint density at radius 3 is 2.79 bits per heavy atom. The van der Waals surface area contributed by atoms with Crippen LogP contribution in [-0.2, 0) is 14.3 Å². The number of hydrogen-bond donors (Lipinski definition) is 0. The van der Waals surface area contributed by atoms with Crippen LogP contribution in [0.25, 0.3) is 0 Å². The van der Waals surface area contributed by atoms with Gasteiger partial charge < -0.3 is 4.74 Å². The summed E-state index contributed by atoms with van der Waals surface area (Å²) in [6, 6.07) is 0. The van der Waals surface area contributed by atoms with Crippen molar-refractivity contribution in [3.63, 3.8) is 0 Å². The Labute approximate surface area is 119 Å². The molecule has 0 spiro atoms. The molecule has 0 aromatic rings. The maximum absolute atomic E-state index is 11.9. The maximum Gasteiger partial charge on any atom is 0.306 e. The Balaban J connectivity index is 2.31. The summed E-state index contributed by atoms with van der Waals surface area (Å²) in [5, 5.41) is 0.101. The molecule has 0 aromatic heterocycles. The van der Waals surface area contributed by atoms with Crippen molar-refractivity contribution in [1.82, 2.24) is 0 Å². The topological polar surface area (TPSA) is 43.4 Å². The molecule has 0 heterocycles. The summed E-state index contributed by atoms with van der Waals surface area (Å²) in [4.78, 5) is 23.1. The first-order chi connectivity index (χ1) is 9.04. The molecule has 0 aromatic carbocycles. The Hall–Kier alpha value is -1.03. The third kappa shape index (κ3) is 5.64. The lowest BCUT2D eigenvalue weighted by molar-refractivity contribution is -0.142. The van der Waals surface area contributed by atoms with Crippen LogP contribution in [-0.4, -0.2) is 23.4 Å². The number of thioether (sulfide) groups is 1. The van der Waals surface area contributed by atoms with Gasteiger partial charge in [0.2, 0.25) is 5.12 Å². The van der Waals surface area contributed by atoms with Crippen molar-refractivity contribution in [2.24, 2.45) is 5.92 Å². The first-order valence-electron chi connectivity index (χ1n) is 6.71. The van der Waals surface area contributed by atoms with Crippen LogP contribution >= 0.6 is 11.8 Å². The van der Waals surface area contributed by atoms with Crippen LogP contribution in [0.15, 0.2) is 23.8 Å². The van der Waals surface area contributed by atoms with Crippen LogP contribution in [0.2, 0.25) is 0 Å². The van der Waals surface area contributed by atoms with Crippen molar-refractivity contribution in [2.45, 2.75) is 39.5 Å². The zero-order valence-corrected chi connectivity index (χ0v) is 12.6. The number of esters is 1. The van der Waals surface area contributed by atoms with Gasteiger partial charge >= 0.3 is 5.97 Å². The highest BCUT2D eigenvalue weighted by molar-refractivity contribution is 8.14. The Bertz CT molecular complexity index is 385. The van der Waals surface area contributed by atoms with E-state index in [-0.39, 0.29) is 11.1 Å². The molecule has 0 amide bonds. The first-order valence-corrected chi connectivity index (χ1v) is 7.70. The quantitative estimate of drug-likeness (QED) is 0.552. The van der Waals surface area contributed by atoms with E-state index in [2.05, 4.69) is 6.58 Å². The van der Waals surface area contributed by atoms with E-state index in [0.717, 1.165) is 24.8 Å². The van der Waals surface area contributed by atoms with Gasteiger partial charge in [0.25, 0.3) is 0 Å². The minimum atomic E-state index is -0.234. The van der Waals surface area contributed by atoms with Crippen LogP contribution in [0, 0.1) is 5.92 Å². The van der Waals surface area contributed by atoms with Crippen molar-refractivity contribution in [3.05, 3.63) is 23.8 Å². The van der Waals surface area contributed by atoms with E-state index in [1.165, 1.54) is 17.3 Å². The molecule has 0 bridgehead atoms. The lowest BCUT2D eigenvalue weighted by Crippen LogP contribution is -2.11. The number of rotatable bonds is 6. The number of carbonyl (C=O) groups is 2. The summed E-state index contributed by atoms with van der Waals surface area (Å²) in [5.41, 5.74) is 2.09. The van der Waals surface area contributed by atoms with E-state index in [0.29, 0.717) is 24.7 Å². The first kappa shape index (κ1) is 16.0. The van der Waals surface area contributed by atoms with Gasteiger partial charge in [-0.15, -0.1) is 0 Å². The van der Waals surface area contributed by atoms with E-state index >= 15 is 0 Å². The highest BCUT2D eigenvalue weighted by Crippen LogP contribution is 2.30. The van der Waals surface area contributed by atoms with Gasteiger partial charge in [0.15, 0.2) is 0 Å². The molecule has 0 N–H and O–H groups in total. The van der Waals surface area contributed by atoms with Gasteiger partial charge in [-0.2, -0.15) is 0 Å². The fraction of sp³-hybridized carbons (Fsp3) is 0.600. The molecule has 106 valence electrons. The lowest BCUT2D eigenvalue weighted by Gasteiger charge is -2.21. The highest BCUT2D eigenvalue weighted by atomic mass is 32.2. The number of carbonyl (C=O) groups excluding carboxylic acids is 2. The standard InChI is InChI=1S/C15H22O3S/c1-4-18-14(16)9-10-19-15(17)13-7-5-12(6-8-13)11(2)3/h7,12H,2,4-6,8-10H2,1,3H3/t12-/m1/s1. The largest absolute Gasteiger partial charge is 0.466 e.